The number of aliphatic hydroxyl groups is 2. The van der Waals surface area contributed by atoms with Crippen LogP contribution in [0.15, 0.2) is 36.5 Å². The molecule has 0 bridgehead atoms. The van der Waals surface area contributed by atoms with E-state index in [9.17, 15) is 19.8 Å². The molecule has 0 rings (SSSR count). The molecule has 0 aromatic heterocycles. The Balaban J connectivity index is 4.51. The number of allylic oxidation sites excluding steroid dienone is 6. The van der Waals surface area contributed by atoms with Crippen molar-refractivity contribution >= 4 is 11.9 Å². The van der Waals surface area contributed by atoms with Crippen LogP contribution in [-0.2, 0) is 14.3 Å². The van der Waals surface area contributed by atoms with Crippen molar-refractivity contribution in [1.29, 1.82) is 0 Å². The second-order valence-electron chi connectivity index (χ2n) is 18.7. The first-order valence-corrected chi connectivity index (χ1v) is 27.2. The number of ether oxygens (including phenoxy) is 1. The van der Waals surface area contributed by atoms with Crippen LogP contribution < -0.4 is 5.32 Å². The highest BCUT2D eigenvalue weighted by atomic mass is 16.5. The van der Waals surface area contributed by atoms with Crippen molar-refractivity contribution < 1.29 is 24.5 Å². The zero-order valence-electron chi connectivity index (χ0n) is 41.5. The number of aliphatic hydroxyl groups excluding tert-OH is 2. The molecule has 0 aromatic carbocycles. The molecule has 0 aliphatic heterocycles. The molecule has 0 heterocycles. The number of carbonyl (C=O) groups is 2. The van der Waals surface area contributed by atoms with Crippen LogP contribution in [0.2, 0.25) is 0 Å². The molecule has 364 valence electrons. The zero-order valence-corrected chi connectivity index (χ0v) is 41.5. The number of nitrogens with one attached hydrogen (secondary N) is 1. The average molecular weight is 872 g/mol. The molecule has 0 radical (unpaired) electrons. The van der Waals surface area contributed by atoms with Crippen LogP contribution in [0.3, 0.4) is 0 Å². The summed E-state index contributed by atoms with van der Waals surface area (Å²) in [6.07, 6.45) is 59.2. The molecular formula is C56H105NO5. The maximum atomic E-state index is 13.2. The van der Waals surface area contributed by atoms with Gasteiger partial charge in [0.1, 0.15) is 6.10 Å². The monoisotopic (exact) mass is 872 g/mol. The van der Waals surface area contributed by atoms with Gasteiger partial charge in [-0.1, -0.05) is 263 Å². The lowest BCUT2D eigenvalue weighted by Crippen LogP contribution is -2.46. The fraction of sp³-hybridized carbons (Fsp3) is 0.857. The lowest BCUT2D eigenvalue weighted by atomic mass is 10.0. The lowest BCUT2D eigenvalue weighted by Gasteiger charge is -2.24. The number of amides is 1. The van der Waals surface area contributed by atoms with E-state index in [4.69, 9.17) is 4.74 Å². The second-order valence-corrected chi connectivity index (χ2v) is 18.7. The molecule has 1 amide bonds. The molecule has 62 heavy (non-hydrogen) atoms. The SMILES string of the molecule is CC/C=C/C=C/C=C/CCCCCCCC(CC(=O)NC(CO)C(O)CCCCCCCCCCCCCC)OC(=O)CCCCCCCCCCCCCCCCCCCC. The Bertz CT molecular complexity index is 1020. The predicted molar refractivity (Wildman–Crippen MR) is 269 cm³/mol. The number of rotatable bonds is 49. The van der Waals surface area contributed by atoms with Gasteiger partial charge in [-0.05, 0) is 44.9 Å². The number of hydrogen-bond donors (Lipinski definition) is 3. The molecule has 0 aliphatic rings. The van der Waals surface area contributed by atoms with Gasteiger partial charge in [0.15, 0.2) is 0 Å². The summed E-state index contributed by atoms with van der Waals surface area (Å²) in [4.78, 5) is 26.2. The first-order chi connectivity index (χ1) is 30.5. The molecular weight excluding hydrogens is 767 g/mol. The molecule has 3 unspecified atom stereocenters. The van der Waals surface area contributed by atoms with Crippen LogP contribution in [-0.4, -0.2) is 46.9 Å². The highest BCUT2D eigenvalue weighted by Gasteiger charge is 2.24. The largest absolute Gasteiger partial charge is 0.462 e. The third-order valence-electron chi connectivity index (χ3n) is 12.5. The van der Waals surface area contributed by atoms with Gasteiger partial charge in [0.2, 0.25) is 5.91 Å². The van der Waals surface area contributed by atoms with Gasteiger partial charge in [-0.15, -0.1) is 0 Å². The minimum Gasteiger partial charge on any atom is -0.462 e. The predicted octanol–water partition coefficient (Wildman–Crippen LogP) is 16.5. The minimum absolute atomic E-state index is 0.0679. The van der Waals surface area contributed by atoms with E-state index in [0.717, 1.165) is 83.5 Å². The van der Waals surface area contributed by atoms with Gasteiger partial charge in [-0.25, -0.2) is 0 Å². The van der Waals surface area contributed by atoms with Gasteiger partial charge < -0.3 is 20.3 Å². The van der Waals surface area contributed by atoms with E-state index >= 15 is 0 Å². The number of carbonyl (C=O) groups excluding carboxylic acids is 2. The number of hydrogen-bond acceptors (Lipinski definition) is 5. The van der Waals surface area contributed by atoms with E-state index in [0.29, 0.717) is 19.3 Å². The Morgan fingerprint density at radius 1 is 0.484 bits per heavy atom. The summed E-state index contributed by atoms with van der Waals surface area (Å²) in [5.41, 5.74) is 0. The summed E-state index contributed by atoms with van der Waals surface area (Å²) in [5, 5.41) is 23.8. The Hall–Kier alpha value is -1.92. The molecule has 0 fully saturated rings. The van der Waals surface area contributed by atoms with E-state index in [1.54, 1.807) is 0 Å². The third-order valence-corrected chi connectivity index (χ3v) is 12.5. The first-order valence-electron chi connectivity index (χ1n) is 27.2. The Morgan fingerprint density at radius 2 is 0.871 bits per heavy atom. The maximum Gasteiger partial charge on any atom is 0.306 e. The van der Waals surface area contributed by atoms with Crippen molar-refractivity contribution in [2.45, 2.75) is 302 Å². The Kier molecular flexibility index (Phi) is 48.5. The first kappa shape index (κ1) is 60.1. The molecule has 0 saturated carbocycles. The fourth-order valence-electron chi connectivity index (χ4n) is 8.43. The van der Waals surface area contributed by atoms with Crippen molar-refractivity contribution in [2.75, 3.05) is 6.61 Å². The van der Waals surface area contributed by atoms with Crippen LogP contribution in [0, 0.1) is 0 Å². The van der Waals surface area contributed by atoms with Crippen molar-refractivity contribution in [3.63, 3.8) is 0 Å². The summed E-state index contributed by atoms with van der Waals surface area (Å²) in [6, 6.07) is -0.705. The Labute approximate surface area is 385 Å². The topological polar surface area (TPSA) is 95.9 Å². The van der Waals surface area contributed by atoms with E-state index in [-0.39, 0.29) is 24.9 Å². The summed E-state index contributed by atoms with van der Waals surface area (Å²) in [6.45, 7) is 6.37. The zero-order chi connectivity index (χ0) is 45.2. The van der Waals surface area contributed by atoms with Crippen LogP contribution in [0.1, 0.15) is 284 Å². The molecule has 6 nitrogen and oxygen atoms in total. The van der Waals surface area contributed by atoms with E-state index < -0.39 is 18.2 Å². The van der Waals surface area contributed by atoms with Crippen molar-refractivity contribution in [1.82, 2.24) is 5.32 Å². The third kappa shape index (κ3) is 44.7. The molecule has 0 saturated heterocycles. The van der Waals surface area contributed by atoms with E-state index in [2.05, 4.69) is 62.5 Å². The van der Waals surface area contributed by atoms with Gasteiger partial charge in [-0.3, -0.25) is 9.59 Å². The second kappa shape index (κ2) is 50.1. The summed E-state index contributed by atoms with van der Waals surface area (Å²) >= 11 is 0. The quantitative estimate of drug-likeness (QED) is 0.0321. The van der Waals surface area contributed by atoms with Gasteiger partial charge in [0, 0.05) is 6.42 Å². The Morgan fingerprint density at radius 3 is 1.31 bits per heavy atom. The van der Waals surface area contributed by atoms with Crippen molar-refractivity contribution in [3.8, 4) is 0 Å². The van der Waals surface area contributed by atoms with Crippen molar-refractivity contribution in [2.24, 2.45) is 0 Å². The lowest BCUT2D eigenvalue weighted by molar-refractivity contribution is -0.151. The summed E-state index contributed by atoms with van der Waals surface area (Å²) in [5.74, 6) is -0.481. The highest BCUT2D eigenvalue weighted by molar-refractivity contribution is 5.77. The minimum atomic E-state index is -0.790. The molecule has 0 spiro atoms. The highest BCUT2D eigenvalue weighted by Crippen LogP contribution is 2.18. The maximum absolute atomic E-state index is 13.2. The van der Waals surface area contributed by atoms with Gasteiger partial charge >= 0.3 is 5.97 Å². The number of esters is 1. The average Bonchev–Trinajstić information content (AvgIpc) is 3.26. The molecule has 0 aromatic rings. The van der Waals surface area contributed by atoms with Crippen LogP contribution >= 0.6 is 0 Å². The number of unbranched alkanes of at least 4 members (excludes halogenated alkanes) is 33. The van der Waals surface area contributed by atoms with Gasteiger partial charge in [0.05, 0.1) is 25.2 Å². The summed E-state index contributed by atoms with van der Waals surface area (Å²) in [7, 11) is 0. The van der Waals surface area contributed by atoms with Crippen molar-refractivity contribution in [3.05, 3.63) is 36.5 Å². The molecule has 0 aliphatic carbocycles. The van der Waals surface area contributed by atoms with E-state index in [1.807, 2.05) is 0 Å². The molecule has 6 heteroatoms. The smallest absolute Gasteiger partial charge is 0.306 e. The van der Waals surface area contributed by atoms with Gasteiger partial charge in [-0.2, -0.15) is 0 Å². The standard InChI is InChI=1S/C56H105NO5/c1-4-7-10-13-16-19-22-25-26-27-28-29-31-34-37-40-43-46-49-56(61)62-52(47-44-41-38-35-32-30-23-20-17-14-11-8-5-2)50-55(60)57-53(51-58)54(59)48-45-42-39-36-33-24-21-18-15-12-9-6-3/h8,11,14,17,20,23,52-54,58-59H,4-7,9-10,12-13,15-16,18-19,21-22,24-51H2,1-3H3,(H,57,60)/b11-8+,17-14+,23-20+. The summed E-state index contributed by atoms with van der Waals surface area (Å²) < 4.78 is 5.94. The fourth-order valence-corrected chi connectivity index (χ4v) is 8.43. The van der Waals surface area contributed by atoms with Crippen LogP contribution in [0.25, 0.3) is 0 Å². The van der Waals surface area contributed by atoms with Crippen LogP contribution in [0.4, 0.5) is 0 Å². The normalized spacial score (nSPS) is 13.4. The van der Waals surface area contributed by atoms with Gasteiger partial charge in [0.25, 0.3) is 0 Å². The molecule has 3 N–H and O–H groups in total. The molecule has 3 atom stereocenters. The van der Waals surface area contributed by atoms with Crippen LogP contribution in [0.5, 0.6) is 0 Å². The van der Waals surface area contributed by atoms with E-state index in [1.165, 1.54) is 154 Å².